The zero-order valence-electron chi connectivity index (χ0n) is 10.7. The molecule has 0 radical (unpaired) electrons. The van der Waals surface area contributed by atoms with E-state index in [9.17, 15) is 4.79 Å². The summed E-state index contributed by atoms with van der Waals surface area (Å²) < 4.78 is 0. The number of amides is 1. The zero-order chi connectivity index (χ0) is 13.5. The van der Waals surface area contributed by atoms with E-state index in [-0.39, 0.29) is 18.4 Å². The van der Waals surface area contributed by atoms with Crippen LogP contribution in [0.15, 0.2) is 6.07 Å². The monoisotopic (exact) mass is 252 g/mol. The van der Waals surface area contributed by atoms with Gasteiger partial charge in [-0.15, -0.1) is 0 Å². The molecule has 0 fully saturated rings. The van der Waals surface area contributed by atoms with Crippen LogP contribution < -0.4 is 22.3 Å². The number of carbonyl (C=O) groups excluding carboxylic acids is 1. The highest BCUT2D eigenvalue weighted by Crippen LogP contribution is 2.13. The van der Waals surface area contributed by atoms with E-state index in [0.29, 0.717) is 17.5 Å². The number of primary amides is 1. The van der Waals surface area contributed by atoms with E-state index in [1.54, 1.807) is 6.07 Å². The molecule has 7 heteroatoms. The maximum Gasteiger partial charge on any atom is 0.219 e. The molecule has 1 unspecified atom stereocenters. The van der Waals surface area contributed by atoms with Crippen molar-refractivity contribution in [2.24, 2.45) is 11.6 Å². The second kappa shape index (κ2) is 6.75. The molecule has 1 aromatic heterocycles. The lowest BCUT2D eigenvalue weighted by Crippen LogP contribution is -2.25. The summed E-state index contributed by atoms with van der Waals surface area (Å²) in [7, 11) is 0. The minimum Gasteiger partial charge on any atom is -0.370 e. The van der Waals surface area contributed by atoms with E-state index in [1.165, 1.54) is 0 Å². The Bertz CT molecular complexity index is 409. The highest BCUT2D eigenvalue weighted by Gasteiger charge is 2.09. The van der Waals surface area contributed by atoms with Crippen molar-refractivity contribution in [2.45, 2.75) is 39.2 Å². The van der Waals surface area contributed by atoms with E-state index < -0.39 is 0 Å². The maximum absolute atomic E-state index is 10.8. The molecule has 0 aliphatic carbocycles. The molecule has 0 aromatic carbocycles. The van der Waals surface area contributed by atoms with Gasteiger partial charge in [-0.25, -0.2) is 15.8 Å². The number of nitrogens with zero attached hydrogens (tertiary/aromatic N) is 2. The van der Waals surface area contributed by atoms with Crippen LogP contribution in [0.4, 0.5) is 11.6 Å². The number of aromatic nitrogens is 2. The molecule has 1 heterocycles. The molecule has 1 atom stereocenters. The molecule has 1 rings (SSSR count). The lowest BCUT2D eigenvalue weighted by atomic mass is 10.2. The number of aryl methyl sites for hydroxylation is 1. The third kappa shape index (κ3) is 4.54. The van der Waals surface area contributed by atoms with Gasteiger partial charge in [0, 0.05) is 24.9 Å². The molecule has 0 bridgehead atoms. The molecule has 0 aliphatic heterocycles. The number of hydrazine groups is 1. The quantitative estimate of drug-likeness (QED) is 0.412. The summed E-state index contributed by atoms with van der Waals surface area (Å²) in [5.74, 6) is 6.89. The van der Waals surface area contributed by atoms with Gasteiger partial charge in [-0.05, 0) is 13.3 Å². The SMILES string of the molecule is CCCc1nc(NN)cc(NC(C)CC(N)=O)n1. The van der Waals surface area contributed by atoms with Crippen molar-refractivity contribution in [3.05, 3.63) is 11.9 Å². The van der Waals surface area contributed by atoms with E-state index in [1.807, 2.05) is 6.92 Å². The second-order valence-corrected chi connectivity index (χ2v) is 4.16. The first-order chi connectivity index (χ1) is 8.55. The smallest absolute Gasteiger partial charge is 0.219 e. The predicted molar refractivity (Wildman–Crippen MR) is 70.7 cm³/mol. The van der Waals surface area contributed by atoms with Crippen LogP contribution in [0.3, 0.4) is 0 Å². The summed E-state index contributed by atoms with van der Waals surface area (Å²) in [6.07, 6.45) is 1.97. The fourth-order valence-corrected chi connectivity index (χ4v) is 1.59. The van der Waals surface area contributed by atoms with Gasteiger partial charge in [0.05, 0.1) is 0 Å². The van der Waals surface area contributed by atoms with Crippen LogP contribution in [-0.4, -0.2) is 21.9 Å². The first-order valence-electron chi connectivity index (χ1n) is 5.94. The van der Waals surface area contributed by atoms with Gasteiger partial charge in [0.1, 0.15) is 17.5 Å². The Morgan fingerprint density at radius 3 is 2.67 bits per heavy atom. The van der Waals surface area contributed by atoms with Crippen molar-refractivity contribution in [3.8, 4) is 0 Å². The largest absolute Gasteiger partial charge is 0.370 e. The van der Waals surface area contributed by atoms with Gasteiger partial charge in [-0.2, -0.15) is 0 Å². The molecular weight excluding hydrogens is 232 g/mol. The first-order valence-corrected chi connectivity index (χ1v) is 5.94. The number of nitrogen functional groups attached to an aromatic ring is 1. The number of hydrogen-bond acceptors (Lipinski definition) is 6. The highest BCUT2D eigenvalue weighted by atomic mass is 16.1. The van der Waals surface area contributed by atoms with Crippen LogP contribution in [0.2, 0.25) is 0 Å². The standard InChI is InChI=1S/C11H20N6O/c1-3-4-9-15-10(6-11(16-9)17-13)14-7(2)5-8(12)18/h6-7H,3-5,13H2,1-2H3,(H2,12,18)(H2,14,15,16,17). The zero-order valence-corrected chi connectivity index (χ0v) is 10.7. The number of carbonyl (C=O) groups is 1. The Balaban J connectivity index is 2.80. The fraction of sp³-hybridized carbons (Fsp3) is 0.545. The van der Waals surface area contributed by atoms with Crippen molar-refractivity contribution in [3.63, 3.8) is 0 Å². The molecule has 7 nitrogen and oxygen atoms in total. The summed E-state index contributed by atoms with van der Waals surface area (Å²) in [5, 5.41) is 3.10. The average molecular weight is 252 g/mol. The number of nitrogens with two attached hydrogens (primary N) is 2. The molecule has 18 heavy (non-hydrogen) atoms. The Hall–Kier alpha value is -1.89. The third-order valence-electron chi connectivity index (χ3n) is 2.30. The summed E-state index contributed by atoms with van der Waals surface area (Å²) in [4.78, 5) is 19.4. The van der Waals surface area contributed by atoms with Crippen LogP contribution >= 0.6 is 0 Å². The lowest BCUT2D eigenvalue weighted by Gasteiger charge is -2.14. The van der Waals surface area contributed by atoms with Gasteiger partial charge >= 0.3 is 0 Å². The minimum atomic E-state index is -0.352. The van der Waals surface area contributed by atoms with Crippen LogP contribution in [0.5, 0.6) is 0 Å². The number of rotatable bonds is 7. The van der Waals surface area contributed by atoms with E-state index >= 15 is 0 Å². The molecule has 0 saturated carbocycles. The van der Waals surface area contributed by atoms with Crippen molar-refractivity contribution in [1.82, 2.24) is 9.97 Å². The summed E-state index contributed by atoms with van der Waals surface area (Å²) >= 11 is 0. The maximum atomic E-state index is 10.8. The Kier molecular flexibility index (Phi) is 5.31. The van der Waals surface area contributed by atoms with Gasteiger partial charge < -0.3 is 16.5 Å². The molecule has 0 spiro atoms. The second-order valence-electron chi connectivity index (χ2n) is 4.16. The topological polar surface area (TPSA) is 119 Å². The van der Waals surface area contributed by atoms with Crippen molar-refractivity contribution in [1.29, 1.82) is 0 Å². The van der Waals surface area contributed by atoms with Gasteiger partial charge in [0.15, 0.2) is 0 Å². The lowest BCUT2D eigenvalue weighted by molar-refractivity contribution is -0.118. The van der Waals surface area contributed by atoms with Crippen LogP contribution in [0, 0.1) is 0 Å². The van der Waals surface area contributed by atoms with Crippen molar-refractivity contribution in [2.75, 3.05) is 10.7 Å². The molecule has 100 valence electrons. The van der Waals surface area contributed by atoms with E-state index in [0.717, 1.165) is 12.8 Å². The predicted octanol–water partition coefficient (Wildman–Crippen LogP) is 0.391. The van der Waals surface area contributed by atoms with Gasteiger partial charge in [-0.3, -0.25) is 4.79 Å². The highest BCUT2D eigenvalue weighted by molar-refractivity contribution is 5.74. The fourth-order valence-electron chi connectivity index (χ4n) is 1.59. The molecular formula is C11H20N6O. The van der Waals surface area contributed by atoms with Crippen molar-refractivity contribution >= 4 is 17.5 Å². The number of hydrogen-bond donors (Lipinski definition) is 4. The Labute approximate surface area is 106 Å². The normalized spacial score (nSPS) is 11.9. The van der Waals surface area contributed by atoms with Gasteiger partial charge in [0.2, 0.25) is 5.91 Å². The Morgan fingerprint density at radius 1 is 1.44 bits per heavy atom. The summed E-state index contributed by atoms with van der Waals surface area (Å²) in [5.41, 5.74) is 7.63. The Morgan fingerprint density at radius 2 is 2.11 bits per heavy atom. The van der Waals surface area contributed by atoms with Crippen LogP contribution in [-0.2, 0) is 11.2 Å². The molecule has 1 amide bonds. The minimum absolute atomic E-state index is 0.0856. The summed E-state index contributed by atoms with van der Waals surface area (Å²) in [6.45, 7) is 3.91. The molecule has 0 aliphatic rings. The number of nitrogens with one attached hydrogen (secondary N) is 2. The molecule has 1 aromatic rings. The molecule has 0 saturated heterocycles. The van der Waals surface area contributed by atoms with Crippen LogP contribution in [0.1, 0.15) is 32.5 Å². The average Bonchev–Trinajstić information content (AvgIpc) is 2.27. The first kappa shape index (κ1) is 14.2. The van der Waals surface area contributed by atoms with E-state index in [4.69, 9.17) is 11.6 Å². The molecule has 6 N–H and O–H groups in total. The third-order valence-corrected chi connectivity index (χ3v) is 2.30. The van der Waals surface area contributed by atoms with Gasteiger partial charge in [0.25, 0.3) is 0 Å². The number of anilines is 2. The van der Waals surface area contributed by atoms with E-state index in [2.05, 4.69) is 27.6 Å². The summed E-state index contributed by atoms with van der Waals surface area (Å²) in [6, 6.07) is 1.61. The van der Waals surface area contributed by atoms with Crippen molar-refractivity contribution < 1.29 is 4.79 Å². The van der Waals surface area contributed by atoms with Crippen LogP contribution in [0.25, 0.3) is 0 Å². The van der Waals surface area contributed by atoms with Gasteiger partial charge in [-0.1, -0.05) is 6.92 Å².